The minimum atomic E-state index is 0.198. The lowest BCUT2D eigenvalue weighted by Gasteiger charge is -2.02. The van der Waals surface area contributed by atoms with Gasteiger partial charge in [0.1, 0.15) is 5.82 Å². The highest BCUT2D eigenvalue weighted by atomic mass is 15.0. The Bertz CT molecular complexity index is 638. The van der Waals surface area contributed by atoms with E-state index in [1.54, 1.807) is 0 Å². The molecule has 0 saturated carbocycles. The van der Waals surface area contributed by atoms with Crippen LogP contribution >= 0.6 is 0 Å². The van der Waals surface area contributed by atoms with Gasteiger partial charge in [0.25, 0.3) is 0 Å². The third-order valence-corrected chi connectivity index (χ3v) is 2.88. The third kappa shape index (κ3) is 3.35. The van der Waals surface area contributed by atoms with Gasteiger partial charge >= 0.3 is 0 Å². The molecule has 0 unspecified atom stereocenters. The third-order valence-electron chi connectivity index (χ3n) is 2.88. The Kier molecular flexibility index (Phi) is 4.19. The minimum Gasteiger partial charge on any atom is -0.383 e. The van der Waals surface area contributed by atoms with Crippen LogP contribution in [0.2, 0.25) is 0 Å². The number of anilines is 2. The van der Waals surface area contributed by atoms with Crippen LogP contribution in [0.4, 0.5) is 11.8 Å². The number of unbranched alkanes of at least 4 members (excludes halogenated alkanes) is 3. The summed E-state index contributed by atoms with van der Waals surface area (Å²) in [7, 11) is 0. The highest BCUT2D eigenvalue weighted by molar-refractivity contribution is 5.89. The van der Waals surface area contributed by atoms with Gasteiger partial charge in [-0.3, -0.25) is 0 Å². The van der Waals surface area contributed by atoms with Crippen LogP contribution in [-0.4, -0.2) is 9.97 Å². The van der Waals surface area contributed by atoms with Gasteiger partial charge < -0.3 is 11.5 Å². The first kappa shape index (κ1) is 13.2. The van der Waals surface area contributed by atoms with Crippen LogP contribution in [-0.2, 0) is 0 Å². The molecule has 0 atom stereocenters. The molecular weight excluding hydrogens is 236 g/mol. The molecule has 4 heteroatoms. The molecule has 0 aliphatic heterocycles. The molecule has 98 valence electrons. The van der Waals surface area contributed by atoms with Gasteiger partial charge in [-0.25, -0.2) is 4.98 Å². The molecule has 0 fully saturated rings. The fourth-order valence-electron chi connectivity index (χ4n) is 1.88. The zero-order valence-corrected chi connectivity index (χ0v) is 11.1. The van der Waals surface area contributed by atoms with Gasteiger partial charge in [-0.1, -0.05) is 31.6 Å². The van der Waals surface area contributed by atoms with E-state index >= 15 is 0 Å². The van der Waals surface area contributed by atoms with Crippen LogP contribution in [0.15, 0.2) is 18.2 Å². The predicted octanol–water partition coefficient (Wildman–Crippen LogP) is 2.73. The first-order valence-electron chi connectivity index (χ1n) is 6.52. The highest BCUT2D eigenvalue weighted by Crippen LogP contribution is 2.19. The van der Waals surface area contributed by atoms with E-state index in [-0.39, 0.29) is 5.95 Å². The van der Waals surface area contributed by atoms with Crippen LogP contribution in [0, 0.1) is 11.8 Å². The van der Waals surface area contributed by atoms with Crippen molar-refractivity contribution in [2.75, 3.05) is 11.5 Å². The molecule has 19 heavy (non-hydrogen) atoms. The largest absolute Gasteiger partial charge is 0.383 e. The van der Waals surface area contributed by atoms with E-state index in [0.29, 0.717) is 5.82 Å². The van der Waals surface area contributed by atoms with E-state index in [9.17, 15) is 0 Å². The molecule has 0 radical (unpaired) electrons. The van der Waals surface area contributed by atoms with E-state index < -0.39 is 0 Å². The summed E-state index contributed by atoms with van der Waals surface area (Å²) in [6.07, 6.45) is 4.53. The second-order valence-electron chi connectivity index (χ2n) is 4.46. The Morgan fingerprint density at radius 1 is 1.16 bits per heavy atom. The second kappa shape index (κ2) is 6.05. The number of hydrogen-bond donors (Lipinski definition) is 2. The quantitative estimate of drug-likeness (QED) is 0.652. The Labute approximate surface area is 113 Å². The van der Waals surface area contributed by atoms with Crippen LogP contribution in [0.3, 0.4) is 0 Å². The Morgan fingerprint density at radius 2 is 2.00 bits per heavy atom. The van der Waals surface area contributed by atoms with Gasteiger partial charge in [0.05, 0.1) is 5.52 Å². The van der Waals surface area contributed by atoms with Crippen LogP contribution in [0.25, 0.3) is 10.9 Å². The summed E-state index contributed by atoms with van der Waals surface area (Å²) >= 11 is 0. The van der Waals surface area contributed by atoms with Crippen molar-refractivity contribution in [3.8, 4) is 11.8 Å². The Hall–Kier alpha value is -2.28. The monoisotopic (exact) mass is 254 g/mol. The summed E-state index contributed by atoms with van der Waals surface area (Å²) in [4.78, 5) is 8.10. The van der Waals surface area contributed by atoms with E-state index in [0.717, 1.165) is 29.3 Å². The van der Waals surface area contributed by atoms with Crippen LogP contribution in [0.5, 0.6) is 0 Å². The van der Waals surface area contributed by atoms with Crippen LogP contribution in [0.1, 0.15) is 38.2 Å². The fraction of sp³-hybridized carbons (Fsp3) is 0.333. The molecule has 0 saturated heterocycles. The van der Waals surface area contributed by atoms with Crippen molar-refractivity contribution in [3.05, 3.63) is 23.8 Å². The summed E-state index contributed by atoms with van der Waals surface area (Å²) in [5.41, 5.74) is 13.1. The van der Waals surface area contributed by atoms with E-state index in [2.05, 4.69) is 28.7 Å². The number of benzene rings is 1. The maximum Gasteiger partial charge on any atom is 0.222 e. The standard InChI is InChI=1S/C15H18N4/c1-2-3-4-5-6-7-11-8-9-13-12(10-11)14(16)19-15(17)18-13/h8-10H,2-5H2,1H3,(H4,16,17,18,19). The Morgan fingerprint density at radius 3 is 2.79 bits per heavy atom. The molecule has 1 aromatic heterocycles. The number of hydrogen-bond acceptors (Lipinski definition) is 4. The predicted molar refractivity (Wildman–Crippen MR) is 79.4 cm³/mol. The fourth-order valence-corrected chi connectivity index (χ4v) is 1.88. The molecule has 0 amide bonds. The molecule has 2 rings (SSSR count). The normalized spacial score (nSPS) is 10.2. The van der Waals surface area contributed by atoms with E-state index in [4.69, 9.17) is 11.5 Å². The number of fused-ring (bicyclic) bond motifs is 1. The SMILES string of the molecule is CCCCCC#Cc1ccc2nc(N)nc(N)c2c1. The summed E-state index contributed by atoms with van der Waals surface area (Å²) in [5, 5.41) is 0.801. The minimum absolute atomic E-state index is 0.198. The summed E-state index contributed by atoms with van der Waals surface area (Å²) in [6.45, 7) is 2.19. The van der Waals surface area contributed by atoms with Crippen LogP contribution < -0.4 is 11.5 Å². The number of aromatic nitrogens is 2. The average molecular weight is 254 g/mol. The van der Waals surface area contributed by atoms with Crippen molar-refractivity contribution in [2.45, 2.75) is 32.6 Å². The second-order valence-corrected chi connectivity index (χ2v) is 4.46. The summed E-state index contributed by atoms with van der Waals surface area (Å²) < 4.78 is 0. The maximum atomic E-state index is 5.84. The zero-order valence-electron chi connectivity index (χ0n) is 11.1. The van der Waals surface area contributed by atoms with Gasteiger partial charge in [0.15, 0.2) is 0 Å². The topological polar surface area (TPSA) is 77.8 Å². The molecule has 1 heterocycles. The number of nitrogens with two attached hydrogens (primary N) is 2. The molecule has 0 bridgehead atoms. The van der Waals surface area contributed by atoms with Crippen molar-refractivity contribution < 1.29 is 0 Å². The maximum absolute atomic E-state index is 5.84. The van der Waals surface area contributed by atoms with Gasteiger partial charge in [-0.05, 0) is 24.6 Å². The molecule has 4 nitrogen and oxygen atoms in total. The molecule has 1 aromatic carbocycles. The lowest BCUT2D eigenvalue weighted by atomic mass is 10.1. The molecule has 0 aliphatic carbocycles. The molecule has 0 spiro atoms. The number of nitrogen functional groups attached to an aromatic ring is 2. The van der Waals surface area contributed by atoms with Crippen molar-refractivity contribution in [1.29, 1.82) is 0 Å². The summed E-state index contributed by atoms with van der Waals surface area (Å²) in [6, 6.07) is 5.72. The molecule has 2 aromatic rings. The first-order valence-corrected chi connectivity index (χ1v) is 6.52. The van der Waals surface area contributed by atoms with Gasteiger partial charge in [-0.2, -0.15) is 4.98 Å². The molecule has 0 aliphatic rings. The highest BCUT2D eigenvalue weighted by Gasteiger charge is 2.03. The number of rotatable bonds is 3. The average Bonchev–Trinajstić information content (AvgIpc) is 2.39. The first-order chi connectivity index (χ1) is 9.20. The van der Waals surface area contributed by atoms with Crippen molar-refractivity contribution in [3.63, 3.8) is 0 Å². The molecular formula is C15H18N4. The Balaban J connectivity index is 2.22. The lowest BCUT2D eigenvalue weighted by Crippen LogP contribution is -2.00. The zero-order chi connectivity index (χ0) is 13.7. The lowest BCUT2D eigenvalue weighted by molar-refractivity contribution is 0.737. The molecule has 4 N–H and O–H groups in total. The number of nitrogens with zero attached hydrogens (tertiary/aromatic N) is 2. The van der Waals surface area contributed by atoms with Crippen molar-refractivity contribution in [2.24, 2.45) is 0 Å². The van der Waals surface area contributed by atoms with Crippen molar-refractivity contribution in [1.82, 2.24) is 9.97 Å². The summed E-state index contributed by atoms with van der Waals surface area (Å²) in [5.74, 6) is 6.92. The van der Waals surface area contributed by atoms with Gasteiger partial charge in [0.2, 0.25) is 5.95 Å². The van der Waals surface area contributed by atoms with E-state index in [1.165, 1.54) is 12.8 Å². The van der Waals surface area contributed by atoms with E-state index in [1.807, 2.05) is 18.2 Å². The van der Waals surface area contributed by atoms with Gasteiger partial charge in [0, 0.05) is 17.4 Å². The van der Waals surface area contributed by atoms with Gasteiger partial charge in [-0.15, -0.1) is 0 Å². The van der Waals surface area contributed by atoms with Crippen molar-refractivity contribution >= 4 is 22.7 Å². The smallest absolute Gasteiger partial charge is 0.222 e.